The second-order valence-electron chi connectivity index (χ2n) is 4.38. The fraction of sp³-hybridized carbons (Fsp3) is 0.538. The van der Waals surface area contributed by atoms with Crippen LogP contribution in [0.1, 0.15) is 26.3 Å². The molecule has 1 unspecified atom stereocenters. The van der Waals surface area contributed by atoms with Crippen molar-refractivity contribution in [2.75, 3.05) is 12.4 Å². The molecule has 84 valence electrons. The quantitative estimate of drug-likeness (QED) is 0.816. The Balaban J connectivity index is 2.84. The molecule has 0 bridgehead atoms. The monoisotopic (exact) mass is 207 g/mol. The molecule has 0 amide bonds. The summed E-state index contributed by atoms with van der Waals surface area (Å²) in [5, 5.41) is 3.46. The Morgan fingerprint density at radius 2 is 1.87 bits per heavy atom. The van der Waals surface area contributed by atoms with Crippen molar-refractivity contribution in [2.45, 2.75) is 33.7 Å². The molecule has 2 heteroatoms. The first-order chi connectivity index (χ1) is 7.04. The van der Waals surface area contributed by atoms with Crippen molar-refractivity contribution < 1.29 is 4.74 Å². The first-order valence-corrected chi connectivity index (χ1v) is 5.45. The van der Waals surface area contributed by atoms with Gasteiger partial charge in [-0.3, -0.25) is 0 Å². The zero-order valence-electron chi connectivity index (χ0n) is 10.3. The lowest BCUT2D eigenvalue weighted by molar-refractivity contribution is 0.415. The Labute approximate surface area is 92.6 Å². The third-order valence-corrected chi connectivity index (χ3v) is 2.74. The number of hydrogen-bond acceptors (Lipinski definition) is 2. The zero-order valence-corrected chi connectivity index (χ0v) is 10.3. The van der Waals surface area contributed by atoms with Gasteiger partial charge in [-0.1, -0.05) is 19.9 Å². The van der Waals surface area contributed by atoms with Crippen molar-refractivity contribution >= 4 is 5.69 Å². The SMILES string of the molecule is COc1cc(C)ccc1NC(C)C(C)C. The average Bonchev–Trinajstić information content (AvgIpc) is 2.20. The minimum atomic E-state index is 0.446. The third-order valence-electron chi connectivity index (χ3n) is 2.74. The van der Waals surface area contributed by atoms with E-state index in [0.717, 1.165) is 11.4 Å². The van der Waals surface area contributed by atoms with E-state index in [0.29, 0.717) is 12.0 Å². The van der Waals surface area contributed by atoms with Crippen LogP contribution in [0.2, 0.25) is 0 Å². The number of ether oxygens (including phenoxy) is 1. The Kier molecular flexibility index (Phi) is 4.01. The smallest absolute Gasteiger partial charge is 0.142 e. The standard InChI is InChI=1S/C13H21NO/c1-9(2)11(4)14-12-7-6-10(3)8-13(12)15-5/h6-9,11,14H,1-5H3. The number of nitrogens with one attached hydrogen (secondary N) is 1. The van der Waals surface area contributed by atoms with Gasteiger partial charge in [-0.2, -0.15) is 0 Å². The van der Waals surface area contributed by atoms with Gasteiger partial charge in [-0.15, -0.1) is 0 Å². The number of aryl methyl sites for hydroxylation is 1. The number of methoxy groups -OCH3 is 1. The summed E-state index contributed by atoms with van der Waals surface area (Å²) in [6.45, 7) is 8.67. The summed E-state index contributed by atoms with van der Waals surface area (Å²) < 4.78 is 5.34. The van der Waals surface area contributed by atoms with E-state index < -0.39 is 0 Å². The van der Waals surface area contributed by atoms with Gasteiger partial charge in [0.2, 0.25) is 0 Å². The molecule has 0 fully saturated rings. The fourth-order valence-corrected chi connectivity index (χ4v) is 1.33. The van der Waals surface area contributed by atoms with E-state index in [4.69, 9.17) is 4.74 Å². The van der Waals surface area contributed by atoms with Crippen molar-refractivity contribution in [1.82, 2.24) is 0 Å². The first-order valence-electron chi connectivity index (χ1n) is 5.45. The van der Waals surface area contributed by atoms with E-state index in [-0.39, 0.29) is 0 Å². The van der Waals surface area contributed by atoms with Crippen LogP contribution >= 0.6 is 0 Å². The van der Waals surface area contributed by atoms with Crippen molar-refractivity contribution in [3.8, 4) is 5.75 Å². The van der Waals surface area contributed by atoms with Gasteiger partial charge >= 0.3 is 0 Å². The molecule has 0 saturated carbocycles. The molecule has 0 aliphatic heterocycles. The molecule has 1 N–H and O–H groups in total. The van der Waals surface area contributed by atoms with E-state index >= 15 is 0 Å². The zero-order chi connectivity index (χ0) is 11.4. The molecule has 1 aromatic rings. The van der Waals surface area contributed by atoms with Crippen molar-refractivity contribution in [3.05, 3.63) is 23.8 Å². The van der Waals surface area contributed by atoms with Crippen LogP contribution in [0.15, 0.2) is 18.2 Å². The molecular formula is C13H21NO. The third kappa shape index (κ3) is 3.15. The molecule has 0 heterocycles. The van der Waals surface area contributed by atoms with Crippen molar-refractivity contribution in [3.63, 3.8) is 0 Å². The van der Waals surface area contributed by atoms with Gasteiger partial charge in [-0.05, 0) is 37.5 Å². The Hall–Kier alpha value is -1.18. The molecule has 1 atom stereocenters. The highest BCUT2D eigenvalue weighted by Crippen LogP contribution is 2.26. The molecule has 0 aliphatic carbocycles. The summed E-state index contributed by atoms with van der Waals surface area (Å²) >= 11 is 0. The van der Waals surface area contributed by atoms with Gasteiger partial charge in [0.05, 0.1) is 12.8 Å². The molecule has 1 rings (SSSR count). The highest BCUT2D eigenvalue weighted by molar-refractivity contribution is 5.58. The molecule has 0 saturated heterocycles. The van der Waals surface area contributed by atoms with Crippen LogP contribution < -0.4 is 10.1 Å². The fourth-order valence-electron chi connectivity index (χ4n) is 1.33. The van der Waals surface area contributed by atoms with Crippen LogP contribution in [0.4, 0.5) is 5.69 Å². The van der Waals surface area contributed by atoms with Gasteiger partial charge in [0.25, 0.3) is 0 Å². The number of anilines is 1. The van der Waals surface area contributed by atoms with Crippen LogP contribution in [0, 0.1) is 12.8 Å². The maximum Gasteiger partial charge on any atom is 0.142 e. The van der Waals surface area contributed by atoms with Crippen LogP contribution in [-0.2, 0) is 0 Å². The Morgan fingerprint density at radius 3 is 2.40 bits per heavy atom. The molecule has 2 nitrogen and oxygen atoms in total. The lowest BCUT2D eigenvalue weighted by atomic mass is 10.1. The van der Waals surface area contributed by atoms with Crippen LogP contribution in [0.5, 0.6) is 5.75 Å². The summed E-state index contributed by atoms with van der Waals surface area (Å²) in [4.78, 5) is 0. The van der Waals surface area contributed by atoms with E-state index in [1.54, 1.807) is 7.11 Å². The Morgan fingerprint density at radius 1 is 1.20 bits per heavy atom. The van der Waals surface area contributed by atoms with E-state index in [2.05, 4.69) is 51.2 Å². The van der Waals surface area contributed by atoms with Crippen molar-refractivity contribution in [1.29, 1.82) is 0 Å². The van der Waals surface area contributed by atoms with Gasteiger partial charge in [0, 0.05) is 6.04 Å². The predicted molar refractivity (Wildman–Crippen MR) is 65.7 cm³/mol. The molecule has 0 aromatic heterocycles. The molecule has 0 aliphatic rings. The highest BCUT2D eigenvalue weighted by Gasteiger charge is 2.09. The topological polar surface area (TPSA) is 21.3 Å². The molecular weight excluding hydrogens is 186 g/mol. The van der Waals surface area contributed by atoms with E-state index in [1.807, 2.05) is 0 Å². The molecule has 1 aromatic carbocycles. The van der Waals surface area contributed by atoms with Crippen LogP contribution in [0.3, 0.4) is 0 Å². The van der Waals surface area contributed by atoms with E-state index in [1.165, 1.54) is 5.56 Å². The second kappa shape index (κ2) is 5.06. The number of rotatable bonds is 4. The van der Waals surface area contributed by atoms with Gasteiger partial charge < -0.3 is 10.1 Å². The minimum Gasteiger partial charge on any atom is -0.495 e. The summed E-state index contributed by atoms with van der Waals surface area (Å²) in [6.07, 6.45) is 0. The first kappa shape index (κ1) is 11.9. The lowest BCUT2D eigenvalue weighted by Crippen LogP contribution is -2.21. The lowest BCUT2D eigenvalue weighted by Gasteiger charge is -2.20. The normalized spacial score (nSPS) is 12.7. The van der Waals surface area contributed by atoms with Crippen LogP contribution in [-0.4, -0.2) is 13.2 Å². The van der Waals surface area contributed by atoms with Crippen molar-refractivity contribution in [2.24, 2.45) is 5.92 Å². The summed E-state index contributed by atoms with van der Waals surface area (Å²) in [7, 11) is 1.71. The molecule has 0 radical (unpaired) electrons. The predicted octanol–water partition coefficient (Wildman–Crippen LogP) is 3.46. The molecule has 0 spiro atoms. The summed E-state index contributed by atoms with van der Waals surface area (Å²) in [5.41, 5.74) is 2.29. The summed E-state index contributed by atoms with van der Waals surface area (Å²) in [5.74, 6) is 1.53. The van der Waals surface area contributed by atoms with E-state index in [9.17, 15) is 0 Å². The molecule has 15 heavy (non-hydrogen) atoms. The van der Waals surface area contributed by atoms with Gasteiger partial charge in [0.1, 0.15) is 5.75 Å². The second-order valence-corrected chi connectivity index (χ2v) is 4.38. The largest absolute Gasteiger partial charge is 0.495 e. The van der Waals surface area contributed by atoms with Gasteiger partial charge in [0.15, 0.2) is 0 Å². The number of hydrogen-bond donors (Lipinski definition) is 1. The summed E-state index contributed by atoms with van der Waals surface area (Å²) in [6, 6.07) is 6.67. The number of benzene rings is 1. The van der Waals surface area contributed by atoms with Gasteiger partial charge in [-0.25, -0.2) is 0 Å². The highest BCUT2D eigenvalue weighted by atomic mass is 16.5. The Bertz CT molecular complexity index is 320. The maximum atomic E-state index is 5.34. The average molecular weight is 207 g/mol. The van der Waals surface area contributed by atoms with Crippen LogP contribution in [0.25, 0.3) is 0 Å². The maximum absolute atomic E-state index is 5.34. The minimum absolute atomic E-state index is 0.446.